The topological polar surface area (TPSA) is 46.6 Å². The van der Waals surface area contributed by atoms with Crippen molar-refractivity contribution in [2.45, 2.75) is 39.2 Å². The lowest BCUT2D eigenvalue weighted by atomic mass is 9.97. The SMILES string of the molecule is CC(C)(C)OC(=O)N1CC2CCC(C1)C2=O. The Kier molecular flexibility index (Phi) is 2.68. The van der Waals surface area contributed by atoms with Crippen LogP contribution in [0.5, 0.6) is 0 Å². The molecule has 2 unspecified atom stereocenters. The second-order valence-electron chi connectivity index (χ2n) is 5.76. The van der Waals surface area contributed by atoms with Crippen LogP contribution in [0.25, 0.3) is 0 Å². The molecule has 0 spiro atoms. The minimum atomic E-state index is -0.461. The number of hydrogen-bond acceptors (Lipinski definition) is 3. The smallest absolute Gasteiger partial charge is 0.410 e. The van der Waals surface area contributed by atoms with Gasteiger partial charge in [-0.2, -0.15) is 0 Å². The lowest BCUT2D eigenvalue weighted by Gasteiger charge is -2.32. The maximum absolute atomic E-state index is 11.8. The molecule has 1 aliphatic carbocycles. The minimum absolute atomic E-state index is 0.0614. The van der Waals surface area contributed by atoms with E-state index < -0.39 is 5.60 Å². The van der Waals surface area contributed by atoms with Gasteiger partial charge in [0.25, 0.3) is 0 Å². The summed E-state index contributed by atoms with van der Waals surface area (Å²) in [5.41, 5.74) is -0.461. The Morgan fingerprint density at radius 2 is 1.75 bits per heavy atom. The molecule has 0 aromatic carbocycles. The second-order valence-corrected chi connectivity index (χ2v) is 5.76. The van der Waals surface area contributed by atoms with Crippen LogP contribution in [-0.2, 0) is 9.53 Å². The summed E-state index contributed by atoms with van der Waals surface area (Å²) in [7, 11) is 0. The molecule has 0 aromatic heterocycles. The first-order valence-electron chi connectivity index (χ1n) is 5.88. The van der Waals surface area contributed by atoms with E-state index in [9.17, 15) is 9.59 Å². The van der Waals surface area contributed by atoms with Crippen molar-refractivity contribution in [2.75, 3.05) is 13.1 Å². The number of carbonyl (C=O) groups is 2. The first-order chi connectivity index (χ1) is 7.37. The molecule has 4 nitrogen and oxygen atoms in total. The second kappa shape index (κ2) is 3.75. The van der Waals surface area contributed by atoms with E-state index in [0.717, 1.165) is 12.8 Å². The highest BCUT2D eigenvalue weighted by Gasteiger charge is 2.42. The van der Waals surface area contributed by atoms with Crippen molar-refractivity contribution in [3.8, 4) is 0 Å². The summed E-state index contributed by atoms with van der Waals surface area (Å²) < 4.78 is 5.31. The molecule has 0 aromatic rings. The average Bonchev–Trinajstić information content (AvgIpc) is 2.38. The molecule has 4 heteroatoms. The molecule has 2 aliphatic rings. The monoisotopic (exact) mass is 225 g/mol. The molecule has 2 bridgehead atoms. The summed E-state index contributed by atoms with van der Waals surface area (Å²) in [5, 5.41) is 0. The van der Waals surface area contributed by atoms with Crippen molar-refractivity contribution < 1.29 is 14.3 Å². The number of fused-ring (bicyclic) bond motifs is 2. The average molecular weight is 225 g/mol. The van der Waals surface area contributed by atoms with Gasteiger partial charge in [0.1, 0.15) is 11.4 Å². The van der Waals surface area contributed by atoms with Crippen LogP contribution < -0.4 is 0 Å². The number of hydrogen-bond donors (Lipinski definition) is 0. The molecule has 1 saturated carbocycles. The number of ether oxygens (including phenoxy) is 1. The number of piperidine rings is 1. The Labute approximate surface area is 95.9 Å². The van der Waals surface area contributed by atoms with E-state index >= 15 is 0 Å². The molecule has 0 radical (unpaired) electrons. The van der Waals surface area contributed by atoms with E-state index in [2.05, 4.69) is 0 Å². The molecule has 1 amide bonds. The number of rotatable bonds is 0. The van der Waals surface area contributed by atoms with Gasteiger partial charge in [-0.1, -0.05) is 0 Å². The highest BCUT2D eigenvalue weighted by molar-refractivity contribution is 5.88. The van der Waals surface area contributed by atoms with Crippen molar-refractivity contribution in [1.82, 2.24) is 4.90 Å². The van der Waals surface area contributed by atoms with Crippen molar-refractivity contribution in [2.24, 2.45) is 11.8 Å². The van der Waals surface area contributed by atoms with Crippen LogP contribution in [0.2, 0.25) is 0 Å². The van der Waals surface area contributed by atoms with Crippen LogP contribution in [0.3, 0.4) is 0 Å². The van der Waals surface area contributed by atoms with E-state index in [-0.39, 0.29) is 17.9 Å². The van der Waals surface area contributed by atoms with Gasteiger partial charge in [0.05, 0.1) is 0 Å². The number of Topliss-reactive ketones (excluding diaryl/α,β-unsaturated/α-hetero) is 1. The normalized spacial score (nSPS) is 29.4. The molecule has 1 aliphatic heterocycles. The zero-order valence-electron chi connectivity index (χ0n) is 10.2. The Hall–Kier alpha value is -1.06. The van der Waals surface area contributed by atoms with Crippen LogP contribution in [0.15, 0.2) is 0 Å². The fraction of sp³-hybridized carbons (Fsp3) is 0.833. The number of likely N-dealkylation sites (tertiary alicyclic amines) is 1. The van der Waals surface area contributed by atoms with Gasteiger partial charge in [-0.3, -0.25) is 4.79 Å². The zero-order chi connectivity index (χ0) is 11.9. The Morgan fingerprint density at radius 1 is 1.25 bits per heavy atom. The number of ketones is 1. The van der Waals surface area contributed by atoms with E-state index in [1.54, 1.807) is 4.90 Å². The summed E-state index contributed by atoms with van der Waals surface area (Å²) in [5.74, 6) is 0.470. The maximum Gasteiger partial charge on any atom is 0.410 e. The summed E-state index contributed by atoms with van der Waals surface area (Å²) in [4.78, 5) is 25.2. The molecular formula is C12H19NO3. The molecular weight excluding hydrogens is 206 g/mol. The van der Waals surface area contributed by atoms with Gasteiger partial charge in [-0.05, 0) is 33.6 Å². The van der Waals surface area contributed by atoms with E-state index in [1.165, 1.54) is 0 Å². The van der Waals surface area contributed by atoms with Gasteiger partial charge in [0, 0.05) is 24.9 Å². The summed E-state index contributed by atoms with van der Waals surface area (Å²) >= 11 is 0. The van der Waals surface area contributed by atoms with Gasteiger partial charge in [-0.15, -0.1) is 0 Å². The minimum Gasteiger partial charge on any atom is -0.444 e. The lowest BCUT2D eigenvalue weighted by Crippen LogP contribution is -2.47. The third-order valence-electron chi connectivity index (χ3n) is 3.20. The van der Waals surface area contributed by atoms with Crippen molar-refractivity contribution >= 4 is 11.9 Å². The Bertz CT molecular complexity index is 303. The predicted molar refractivity (Wildman–Crippen MR) is 59.0 cm³/mol. The molecule has 2 atom stereocenters. The fourth-order valence-electron chi connectivity index (χ4n) is 2.46. The van der Waals surface area contributed by atoms with Crippen molar-refractivity contribution in [1.29, 1.82) is 0 Å². The highest BCUT2D eigenvalue weighted by Crippen LogP contribution is 2.33. The summed E-state index contributed by atoms with van der Waals surface area (Å²) in [6.07, 6.45) is 1.59. The van der Waals surface area contributed by atoms with Crippen molar-refractivity contribution in [3.63, 3.8) is 0 Å². The number of nitrogens with zero attached hydrogens (tertiary/aromatic N) is 1. The Morgan fingerprint density at radius 3 is 2.19 bits per heavy atom. The summed E-state index contributed by atoms with van der Waals surface area (Å²) in [6.45, 7) is 6.66. The molecule has 2 rings (SSSR count). The van der Waals surface area contributed by atoms with Crippen LogP contribution in [0, 0.1) is 11.8 Å². The first-order valence-corrected chi connectivity index (χ1v) is 5.88. The lowest BCUT2D eigenvalue weighted by molar-refractivity contribution is -0.127. The number of amides is 1. The first kappa shape index (κ1) is 11.4. The predicted octanol–water partition coefficient (Wildman–Crippen LogP) is 1.83. The fourth-order valence-corrected chi connectivity index (χ4v) is 2.46. The van der Waals surface area contributed by atoms with Crippen LogP contribution in [0.4, 0.5) is 4.79 Å². The van der Waals surface area contributed by atoms with Crippen LogP contribution >= 0.6 is 0 Å². The number of carbonyl (C=O) groups excluding carboxylic acids is 2. The summed E-state index contributed by atoms with van der Waals surface area (Å²) in [6, 6.07) is 0. The van der Waals surface area contributed by atoms with Gasteiger partial charge < -0.3 is 9.64 Å². The zero-order valence-corrected chi connectivity index (χ0v) is 10.2. The Balaban J connectivity index is 1.98. The maximum atomic E-state index is 11.8. The molecule has 0 N–H and O–H groups in total. The van der Waals surface area contributed by atoms with Crippen molar-refractivity contribution in [3.05, 3.63) is 0 Å². The molecule has 1 heterocycles. The van der Waals surface area contributed by atoms with Crippen LogP contribution in [0.1, 0.15) is 33.6 Å². The molecule has 1 saturated heterocycles. The van der Waals surface area contributed by atoms with E-state index in [4.69, 9.17) is 4.74 Å². The van der Waals surface area contributed by atoms with Gasteiger partial charge in [-0.25, -0.2) is 4.79 Å². The molecule has 90 valence electrons. The largest absolute Gasteiger partial charge is 0.444 e. The highest BCUT2D eigenvalue weighted by atomic mass is 16.6. The third-order valence-corrected chi connectivity index (χ3v) is 3.20. The molecule has 16 heavy (non-hydrogen) atoms. The quantitative estimate of drug-likeness (QED) is 0.632. The standard InChI is InChI=1S/C12H19NO3/c1-12(2,3)16-11(15)13-6-8-4-5-9(7-13)10(8)14/h8-9H,4-7H2,1-3H3. The molecule has 2 fully saturated rings. The third kappa shape index (κ3) is 2.20. The van der Waals surface area contributed by atoms with E-state index in [1.807, 2.05) is 20.8 Å². The van der Waals surface area contributed by atoms with Gasteiger partial charge >= 0.3 is 6.09 Å². The van der Waals surface area contributed by atoms with Gasteiger partial charge in [0.2, 0.25) is 0 Å². The van der Waals surface area contributed by atoms with Gasteiger partial charge in [0.15, 0.2) is 0 Å². The van der Waals surface area contributed by atoms with E-state index in [0.29, 0.717) is 18.9 Å². The van der Waals surface area contributed by atoms with Crippen LogP contribution in [-0.4, -0.2) is 35.5 Å².